The van der Waals surface area contributed by atoms with Gasteiger partial charge < -0.3 is 36.8 Å². The van der Waals surface area contributed by atoms with Crippen LogP contribution in [0.4, 0.5) is 5.13 Å². The molecule has 18 nitrogen and oxygen atoms in total. The third-order valence-electron chi connectivity index (χ3n) is 9.12. The Morgan fingerprint density at radius 3 is 2.60 bits per heavy atom. The van der Waals surface area contributed by atoms with Crippen molar-refractivity contribution in [2.75, 3.05) is 5.73 Å². The van der Waals surface area contributed by atoms with Gasteiger partial charge in [0, 0.05) is 23.0 Å². The van der Waals surface area contributed by atoms with Crippen molar-refractivity contribution in [2.45, 2.75) is 101 Å². The zero-order valence-corrected chi connectivity index (χ0v) is 29.2. The number of amides is 2. The van der Waals surface area contributed by atoms with Gasteiger partial charge in [-0.15, -0.1) is 15.6 Å². The number of rotatable bonds is 11. The Labute approximate surface area is 291 Å². The van der Waals surface area contributed by atoms with Crippen LogP contribution in [0.1, 0.15) is 76.1 Å². The second kappa shape index (κ2) is 14.1. The van der Waals surface area contributed by atoms with E-state index in [1.54, 1.807) is 12.1 Å². The number of aliphatic carboxylic acids is 1. The molecule has 0 spiro atoms. The van der Waals surface area contributed by atoms with Crippen LogP contribution >= 0.6 is 11.3 Å². The van der Waals surface area contributed by atoms with Gasteiger partial charge in [0.05, 0.1) is 5.54 Å². The number of hydrogen-bond acceptors (Lipinski definition) is 14. The van der Waals surface area contributed by atoms with Crippen molar-refractivity contribution in [1.82, 2.24) is 20.7 Å². The molecule has 9 N–H and O–H groups in total. The van der Waals surface area contributed by atoms with Gasteiger partial charge in [-0.2, -0.15) is 13.5 Å². The van der Waals surface area contributed by atoms with Gasteiger partial charge >= 0.3 is 16.4 Å². The smallest absolute Gasteiger partial charge is 0.418 e. The predicted molar refractivity (Wildman–Crippen MR) is 180 cm³/mol. The number of aromatic nitrogens is 1. The summed E-state index contributed by atoms with van der Waals surface area (Å²) < 4.78 is 41.8. The molecule has 0 bridgehead atoms. The first-order valence-corrected chi connectivity index (χ1v) is 18.1. The highest BCUT2D eigenvalue weighted by molar-refractivity contribution is 7.80. The molecule has 5 atom stereocenters. The molecular formula is C30H40N8O10S2. The molecule has 50 heavy (non-hydrogen) atoms. The van der Waals surface area contributed by atoms with E-state index >= 15 is 0 Å². The van der Waals surface area contributed by atoms with Gasteiger partial charge in [0.2, 0.25) is 0 Å². The summed E-state index contributed by atoms with van der Waals surface area (Å²) in [6, 6.07) is 4.22. The van der Waals surface area contributed by atoms with Crippen molar-refractivity contribution in [3.8, 4) is 5.75 Å². The summed E-state index contributed by atoms with van der Waals surface area (Å²) in [4.78, 5) is 48.4. The van der Waals surface area contributed by atoms with Gasteiger partial charge in [-0.1, -0.05) is 5.16 Å². The molecule has 2 fully saturated rings. The Morgan fingerprint density at radius 1 is 1.22 bits per heavy atom. The predicted octanol–water partition coefficient (Wildman–Crippen LogP) is 1.10. The number of amidine groups is 1. The molecule has 2 aliphatic heterocycles. The molecule has 1 aliphatic carbocycles. The lowest BCUT2D eigenvalue weighted by Gasteiger charge is -2.50. The highest BCUT2D eigenvalue weighted by atomic mass is 32.3. The van der Waals surface area contributed by atoms with Crippen molar-refractivity contribution in [3.05, 3.63) is 40.4 Å². The molecule has 2 aromatic rings. The standard InChI is InChI=1S/C30H40N8O10S2/c1-29(2)23(26(40)38(29)48-50(43,44)45)36-25(39)22(19-14-49-28(33)35-19)37-47-30(3,27(41)42)21-12-8-15-13-16(7-11-20(15)46-21)24(32)34-18-6-4-5-17(31)9-10-18/h7,11,13-14,17-18,21,23H,4-6,8-10,12,31H2,1-3H3,(H2,32,34)(H2,33,35)(H,36,39)(H,41,42)(H,43,44,45)/t17-,18-,21?,23?,30?/m0/s1. The van der Waals surface area contributed by atoms with E-state index in [-0.39, 0.29) is 35.2 Å². The number of nitrogens with one attached hydrogen (secondary N) is 3. The van der Waals surface area contributed by atoms with Crippen molar-refractivity contribution < 1.29 is 46.3 Å². The molecule has 3 aliphatic rings. The Bertz CT molecular complexity index is 1820. The van der Waals surface area contributed by atoms with Crippen molar-refractivity contribution in [3.63, 3.8) is 0 Å². The summed E-state index contributed by atoms with van der Waals surface area (Å²) in [5.41, 5.74) is 9.14. The SMILES string of the molecule is CC(ON=C(C(=O)NC1C(=O)N(OS(=O)(=O)O)C1(C)C)c1csc(N)n1)(C(=O)O)C1CCc2cc(C(=N)N[C@H]3CCC[C@H](N)CC3)ccc2O1. The number of nitrogen functional groups attached to an aromatic ring is 1. The van der Waals surface area contributed by atoms with E-state index in [1.165, 1.54) is 26.2 Å². The number of hydroxylamine groups is 2. The number of ether oxygens (including phenoxy) is 1. The van der Waals surface area contributed by atoms with Crippen LogP contribution in [-0.4, -0.2) is 92.8 Å². The molecule has 1 saturated heterocycles. The van der Waals surface area contributed by atoms with Crippen LogP contribution < -0.4 is 26.8 Å². The second-order valence-electron chi connectivity index (χ2n) is 13.2. The number of nitrogens with two attached hydrogens (primary N) is 2. The maximum absolute atomic E-state index is 13.5. The van der Waals surface area contributed by atoms with Crippen LogP contribution in [0.5, 0.6) is 5.75 Å². The minimum atomic E-state index is -5.03. The highest BCUT2D eigenvalue weighted by Gasteiger charge is 2.58. The largest absolute Gasteiger partial charge is 0.485 e. The lowest BCUT2D eigenvalue weighted by molar-refractivity contribution is -0.218. The van der Waals surface area contributed by atoms with Crippen LogP contribution in [-0.2, 0) is 40.3 Å². The van der Waals surface area contributed by atoms with Crippen LogP contribution in [0, 0.1) is 5.41 Å². The maximum Gasteiger partial charge on any atom is 0.418 e. The number of oxime groups is 1. The molecule has 1 aromatic heterocycles. The van der Waals surface area contributed by atoms with E-state index < -0.39 is 57.2 Å². The fourth-order valence-corrected chi connectivity index (χ4v) is 7.09. The normalized spacial score (nSPS) is 24.8. The first-order chi connectivity index (χ1) is 23.4. The Hall–Kier alpha value is -4.37. The van der Waals surface area contributed by atoms with E-state index in [1.807, 2.05) is 6.07 Å². The Kier molecular flexibility index (Phi) is 10.4. The summed E-state index contributed by atoms with van der Waals surface area (Å²) in [6.45, 7) is 3.99. The zero-order chi connectivity index (χ0) is 36.6. The molecule has 2 amide bonds. The molecule has 5 rings (SSSR count). The summed E-state index contributed by atoms with van der Waals surface area (Å²) in [7, 11) is -5.03. The topological polar surface area (TPSA) is 282 Å². The zero-order valence-electron chi connectivity index (χ0n) is 27.5. The number of hydrogen-bond donors (Lipinski definition) is 7. The molecule has 20 heteroatoms. The van der Waals surface area contributed by atoms with Crippen molar-refractivity contribution >= 4 is 56.2 Å². The monoisotopic (exact) mass is 736 g/mol. The molecule has 1 saturated carbocycles. The summed E-state index contributed by atoms with van der Waals surface area (Å²) in [5, 5.41) is 30.4. The minimum absolute atomic E-state index is 0.0579. The number of carbonyl (C=O) groups is 3. The van der Waals surface area contributed by atoms with Crippen molar-refractivity contribution in [1.29, 1.82) is 5.41 Å². The number of carbonyl (C=O) groups excluding carboxylic acids is 2. The van der Waals surface area contributed by atoms with E-state index in [2.05, 4.69) is 25.1 Å². The minimum Gasteiger partial charge on any atom is -0.485 e. The van der Waals surface area contributed by atoms with Gasteiger partial charge in [-0.3, -0.25) is 19.6 Å². The molecule has 3 heterocycles. The molecule has 1 aromatic carbocycles. The number of anilines is 1. The van der Waals surface area contributed by atoms with E-state index in [0.29, 0.717) is 22.8 Å². The number of β-lactam (4-membered cyclic amide) rings is 1. The van der Waals surface area contributed by atoms with Gasteiger partial charge in [-0.25, -0.2) is 9.78 Å². The molecular weight excluding hydrogens is 697 g/mol. The lowest BCUT2D eigenvalue weighted by Crippen LogP contribution is -2.76. The molecule has 0 radical (unpaired) electrons. The lowest BCUT2D eigenvalue weighted by atomic mass is 9.84. The Morgan fingerprint density at radius 2 is 1.96 bits per heavy atom. The molecule has 272 valence electrons. The number of benzene rings is 1. The van der Waals surface area contributed by atoms with Crippen molar-refractivity contribution in [2.24, 2.45) is 10.9 Å². The fourth-order valence-electron chi connectivity index (χ4n) is 6.09. The third-order valence-corrected chi connectivity index (χ3v) is 10.1. The van der Waals surface area contributed by atoms with E-state index in [0.717, 1.165) is 49.0 Å². The van der Waals surface area contributed by atoms with Gasteiger partial charge in [0.15, 0.2) is 16.9 Å². The van der Waals surface area contributed by atoms with Crippen LogP contribution in [0.2, 0.25) is 0 Å². The third kappa shape index (κ3) is 7.83. The number of thiazole rings is 1. The van der Waals surface area contributed by atoms with Gasteiger partial charge in [0.1, 0.15) is 23.3 Å². The van der Waals surface area contributed by atoms with E-state index in [4.69, 9.17) is 31.0 Å². The number of carboxylic acid groups (broad SMARTS) is 1. The quantitative estimate of drug-likeness (QED) is 0.0425. The number of carboxylic acids is 1. The van der Waals surface area contributed by atoms with Gasteiger partial charge in [-0.05, 0) is 89.5 Å². The first-order valence-electron chi connectivity index (χ1n) is 15.8. The summed E-state index contributed by atoms with van der Waals surface area (Å²) in [6.07, 6.45) is 4.20. The Balaban J connectivity index is 1.32. The highest BCUT2D eigenvalue weighted by Crippen LogP contribution is 2.35. The first kappa shape index (κ1) is 36.9. The number of fused-ring (bicyclic) bond motifs is 1. The second-order valence-corrected chi connectivity index (χ2v) is 15.1. The van der Waals surface area contributed by atoms with Crippen LogP contribution in [0.25, 0.3) is 0 Å². The van der Waals surface area contributed by atoms with Crippen LogP contribution in [0.15, 0.2) is 28.7 Å². The number of nitrogens with zero attached hydrogens (tertiary/aromatic N) is 3. The summed E-state index contributed by atoms with van der Waals surface area (Å²) in [5.74, 6) is -2.77. The maximum atomic E-state index is 13.5. The molecule has 3 unspecified atom stereocenters. The average molecular weight is 737 g/mol. The fraction of sp³-hybridized carbons (Fsp3) is 0.533. The number of aryl methyl sites for hydroxylation is 1. The summed E-state index contributed by atoms with van der Waals surface area (Å²) >= 11 is 0.964. The average Bonchev–Trinajstić information content (AvgIpc) is 3.38. The van der Waals surface area contributed by atoms with Crippen LogP contribution in [0.3, 0.4) is 0 Å². The van der Waals surface area contributed by atoms with E-state index in [9.17, 15) is 27.9 Å². The van der Waals surface area contributed by atoms with Gasteiger partial charge in [0.25, 0.3) is 17.4 Å².